The summed E-state index contributed by atoms with van der Waals surface area (Å²) in [6, 6.07) is 0. The smallest absolute Gasteiger partial charge is 0.173 e. The maximum Gasteiger partial charge on any atom is 0.173 e. The van der Waals surface area contributed by atoms with Gasteiger partial charge in [-0.15, -0.1) is 0 Å². The van der Waals surface area contributed by atoms with E-state index in [9.17, 15) is 0 Å². The Labute approximate surface area is 140 Å². The first kappa shape index (κ1) is 15.1. The average molecular weight is 320 g/mol. The Kier molecular flexibility index (Phi) is 3.10. The lowest BCUT2D eigenvalue weighted by atomic mass is 9.82. The number of piperidine rings is 1. The van der Waals surface area contributed by atoms with Crippen LogP contribution in [0.25, 0.3) is 0 Å². The summed E-state index contributed by atoms with van der Waals surface area (Å²) in [5.41, 5.74) is -0.103. The van der Waals surface area contributed by atoms with E-state index in [0.29, 0.717) is 30.1 Å². The average Bonchev–Trinajstić information content (AvgIpc) is 3.13. The Balaban J connectivity index is 1.57. The van der Waals surface area contributed by atoms with Crippen molar-refractivity contribution in [1.82, 2.24) is 9.80 Å². The van der Waals surface area contributed by atoms with Gasteiger partial charge in [-0.25, -0.2) is 0 Å². The van der Waals surface area contributed by atoms with Gasteiger partial charge in [-0.3, -0.25) is 9.80 Å². The van der Waals surface area contributed by atoms with Crippen molar-refractivity contribution >= 4 is 0 Å². The van der Waals surface area contributed by atoms with Crippen molar-refractivity contribution in [2.24, 2.45) is 23.7 Å². The third-order valence-electron chi connectivity index (χ3n) is 7.67. The van der Waals surface area contributed by atoms with Crippen LogP contribution in [0.2, 0.25) is 0 Å². The molecule has 0 unspecified atom stereocenters. The van der Waals surface area contributed by atoms with Crippen molar-refractivity contribution in [3.63, 3.8) is 0 Å². The van der Waals surface area contributed by atoms with Gasteiger partial charge in [0.1, 0.15) is 12.0 Å². The van der Waals surface area contributed by atoms with Gasteiger partial charge in [0.2, 0.25) is 0 Å². The van der Waals surface area contributed by atoms with Crippen LogP contribution in [-0.2, 0) is 9.47 Å². The highest BCUT2D eigenvalue weighted by Gasteiger charge is 2.81. The van der Waals surface area contributed by atoms with Gasteiger partial charge in [0.05, 0.1) is 6.17 Å². The molecule has 2 bridgehead atoms. The Bertz CT molecular complexity index is 514. The predicted octanol–water partition coefficient (Wildman–Crippen LogP) is 3.23. The zero-order valence-electron chi connectivity index (χ0n) is 15.1. The molecule has 0 aromatic rings. The second-order valence-electron chi connectivity index (χ2n) is 8.85. The zero-order valence-corrected chi connectivity index (χ0v) is 15.1. The summed E-state index contributed by atoms with van der Waals surface area (Å²) in [6.07, 6.45) is 7.29. The second kappa shape index (κ2) is 4.72. The molecule has 0 aromatic carbocycles. The van der Waals surface area contributed by atoms with E-state index < -0.39 is 0 Å². The fourth-order valence-corrected chi connectivity index (χ4v) is 7.08. The van der Waals surface area contributed by atoms with E-state index in [-0.39, 0.29) is 11.5 Å². The quantitative estimate of drug-likeness (QED) is 0.750. The second-order valence-corrected chi connectivity index (χ2v) is 8.85. The van der Waals surface area contributed by atoms with Gasteiger partial charge < -0.3 is 9.47 Å². The molecule has 0 aromatic heterocycles. The van der Waals surface area contributed by atoms with Crippen LogP contribution in [0.3, 0.4) is 0 Å². The van der Waals surface area contributed by atoms with E-state index in [2.05, 4.69) is 37.5 Å². The van der Waals surface area contributed by atoms with Crippen molar-refractivity contribution in [1.29, 1.82) is 0 Å². The van der Waals surface area contributed by atoms with Crippen LogP contribution in [-0.4, -0.2) is 46.8 Å². The van der Waals surface area contributed by atoms with Crippen LogP contribution in [0.15, 0.2) is 0 Å². The molecule has 5 fully saturated rings. The van der Waals surface area contributed by atoms with Gasteiger partial charge in [0, 0.05) is 30.8 Å². The number of ether oxygens (including phenoxy) is 2. The summed E-state index contributed by atoms with van der Waals surface area (Å²) >= 11 is 0. The Morgan fingerprint density at radius 2 is 1.74 bits per heavy atom. The summed E-state index contributed by atoms with van der Waals surface area (Å²) in [7, 11) is 0. The van der Waals surface area contributed by atoms with E-state index in [4.69, 9.17) is 9.47 Å². The number of unbranched alkanes of at least 4 members (excludes halogenated alkanes) is 2. The third kappa shape index (κ3) is 1.62. The molecular formula is C19H32N2O2. The monoisotopic (exact) mass is 320 g/mol. The van der Waals surface area contributed by atoms with Gasteiger partial charge in [-0.1, -0.05) is 26.7 Å². The van der Waals surface area contributed by atoms with Crippen LogP contribution < -0.4 is 0 Å². The summed E-state index contributed by atoms with van der Waals surface area (Å²) < 4.78 is 13.3. The molecule has 0 radical (unpaired) electrons. The Morgan fingerprint density at radius 3 is 2.48 bits per heavy atom. The number of nitrogens with zero attached hydrogens (tertiary/aromatic N) is 2. The highest BCUT2D eigenvalue weighted by molar-refractivity contribution is 5.23. The van der Waals surface area contributed by atoms with Crippen molar-refractivity contribution in [2.75, 3.05) is 13.1 Å². The van der Waals surface area contributed by atoms with Crippen molar-refractivity contribution in [3.05, 3.63) is 0 Å². The Morgan fingerprint density at radius 1 is 1.00 bits per heavy atom. The first-order valence-corrected chi connectivity index (χ1v) is 9.95. The molecule has 0 amide bonds. The van der Waals surface area contributed by atoms with Crippen LogP contribution >= 0.6 is 0 Å². The molecule has 4 nitrogen and oxygen atoms in total. The minimum Gasteiger partial charge on any atom is -0.331 e. The van der Waals surface area contributed by atoms with E-state index in [1.807, 2.05) is 0 Å². The standard InChI is InChI=1S/C19H32N2O2/c1-5-7-9-20-16-12-11-13-15-14(12)18(3,21(16)10-8-6-2)23-19(15,4)22-17(13)20/h12-17H,5-11H2,1-4H3/t12-,13+,14-,15+,16+,17-,18+,19-/m1/s1. The van der Waals surface area contributed by atoms with Gasteiger partial charge in [-0.2, -0.15) is 0 Å². The van der Waals surface area contributed by atoms with Crippen LogP contribution in [0, 0.1) is 23.7 Å². The van der Waals surface area contributed by atoms with Crippen LogP contribution in [0.4, 0.5) is 0 Å². The number of rotatable bonds is 6. The largest absolute Gasteiger partial charge is 0.331 e. The van der Waals surface area contributed by atoms with Gasteiger partial charge in [0.25, 0.3) is 0 Å². The number of hydrogen-bond acceptors (Lipinski definition) is 4. The van der Waals surface area contributed by atoms with Crippen LogP contribution in [0.1, 0.15) is 59.8 Å². The highest BCUT2D eigenvalue weighted by Crippen LogP contribution is 2.73. The molecule has 5 rings (SSSR count). The molecule has 0 spiro atoms. The van der Waals surface area contributed by atoms with E-state index in [1.54, 1.807) is 0 Å². The number of hydrogen-bond donors (Lipinski definition) is 0. The molecule has 1 aliphatic carbocycles. The van der Waals surface area contributed by atoms with Gasteiger partial charge in [0.15, 0.2) is 5.79 Å². The fraction of sp³-hybridized carbons (Fsp3) is 1.00. The third-order valence-corrected chi connectivity index (χ3v) is 7.67. The lowest BCUT2D eigenvalue weighted by Gasteiger charge is -2.51. The molecule has 0 N–H and O–H groups in total. The van der Waals surface area contributed by atoms with E-state index in [0.717, 1.165) is 5.92 Å². The lowest BCUT2D eigenvalue weighted by molar-refractivity contribution is -0.323. The summed E-state index contributed by atoms with van der Waals surface area (Å²) in [6.45, 7) is 11.6. The normalized spacial score (nSPS) is 56.3. The SMILES string of the molecule is CCCCN1[C@@H]2O[C@]3(C)O[C@@]4(C)[C@@H]5[C@@H](C[C@H]2[C@@H]53)[C@@H]1N4CCCC. The van der Waals surface area contributed by atoms with Crippen molar-refractivity contribution in [3.8, 4) is 0 Å². The van der Waals surface area contributed by atoms with E-state index >= 15 is 0 Å². The molecule has 4 aliphatic heterocycles. The Hall–Kier alpha value is -0.160. The predicted molar refractivity (Wildman–Crippen MR) is 88.4 cm³/mol. The molecule has 5 aliphatic rings. The summed E-state index contributed by atoms with van der Waals surface area (Å²) in [5, 5.41) is 0. The van der Waals surface area contributed by atoms with E-state index in [1.165, 1.54) is 45.2 Å². The first-order valence-electron chi connectivity index (χ1n) is 9.95. The highest BCUT2D eigenvalue weighted by atomic mass is 16.7. The molecule has 4 heterocycles. The minimum atomic E-state index is -0.343. The molecule has 23 heavy (non-hydrogen) atoms. The molecular weight excluding hydrogens is 288 g/mol. The van der Waals surface area contributed by atoms with Gasteiger partial charge >= 0.3 is 0 Å². The van der Waals surface area contributed by atoms with Gasteiger partial charge in [-0.05, 0) is 39.0 Å². The summed E-state index contributed by atoms with van der Waals surface area (Å²) in [4.78, 5) is 5.48. The topological polar surface area (TPSA) is 24.9 Å². The molecule has 130 valence electrons. The first-order chi connectivity index (χ1) is 11.0. The number of likely N-dealkylation sites (tertiary alicyclic amines) is 2. The zero-order chi connectivity index (χ0) is 16.0. The summed E-state index contributed by atoms with van der Waals surface area (Å²) in [5.74, 6) is 2.45. The molecule has 1 saturated carbocycles. The van der Waals surface area contributed by atoms with Crippen LogP contribution in [0.5, 0.6) is 0 Å². The maximum absolute atomic E-state index is 6.73. The van der Waals surface area contributed by atoms with Crippen molar-refractivity contribution in [2.45, 2.75) is 83.7 Å². The maximum atomic E-state index is 6.73. The van der Waals surface area contributed by atoms with Crippen molar-refractivity contribution < 1.29 is 9.47 Å². The fourth-order valence-electron chi connectivity index (χ4n) is 7.08. The molecule has 4 heteroatoms. The molecule has 4 saturated heterocycles. The minimum absolute atomic E-state index is 0.103. The molecule has 8 atom stereocenters. The lowest BCUT2D eigenvalue weighted by Crippen LogP contribution is -2.63.